The fourth-order valence-electron chi connectivity index (χ4n) is 11.4. The Hall–Kier alpha value is -6.10. The number of rotatable bonds is 7. The Kier molecular flexibility index (Phi) is 12.6. The van der Waals surface area contributed by atoms with Crippen molar-refractivity contribution in [1.82, 2.24) is 18.5 Å². The van der Waals surface area contributed by atoms with E-state index in [1.165, 1.54) is 61.6 Å². The molecule has 75 heavy (non-hydrogen) atoms. The third kappa shape index (κ3) is 9.01. The maximum Gasteiger partial charge on any atom is 0.187 e. The number of hydrogen-bond donors (Lipinski definition) is 0. The van der Waals surface area contributed by atoms with Crippen LogP contribution in [0.2, 0.25) is 0 Å². The molecule has 6 heteroatoms. The van der Waals surface area contributed by atoms with Crippen LogP contribution in [0.1, 0.15) is 132 Å². The second-order valence-electron chi connectivity index (χ2n) is 26.4. The number of pyridine rings is 1. The number of para-hydroxylation sites is 2. The minimum Gasteiger partial charge on any atom is -0.509 e. The third-order valence-corrected chi connectivity index (χ3v) is 15.8. The number of benzene rings is 7. The summed E-state index contributed by atoms with van der Waals surface area (Å²) in [5.74, 6) is 2.12. The van der Waals surface area contributed by atoms with Gasteiger partial charge in [-0.25, -0.2) is 4.98 Å². The van der Waals surface area contributed by atoms with Crippen molar-refractivity contribution in [2.45, 2.75) is 131 Å². The van der Waals surface area contributed by atoms with Crippen LogP contribution in [0.15, 0.2) is 152 Å². The van der Waals surface area contributed by atoms with Crippen LogP contribution < -0.4 is 13.7 Å². The van der Waals surface area contributed by atoms with E-state index in [1.54, 1.807) is 0 Å². The molecule has 5 heterocycles. The topological polar surface area (TPSA) is 27.1 Å². The molecule has 12 rings (SSSR count). The molecular weight excluding hydrogens is 1100 g/mol. The number of ether oxygens (including phenoxy) is 1. The van der Waals surface area contributed by atoms with Gasteiger partial charge in [0.25, 0.3) is 0 Å². The van der Waals surface area contributed by atoms with Crippen LogP contribution in [0.4, 0.5) is 22.7 Å². The Morgan fingerprint density at radius 2 is 1.13 bits per heavy atom. The second-order valence-corrected chi connectivity index (χ2v) is 26.4. The average molecular weight is 1170 g/mol. The SMILES string of the molecule is CC(C)(C)c1ccc(-c2cnc(-n3c4[c-]c(Oc5[c-]c([N@@+]67[CH-][N@@+](c8cc(C(C)(C)C)cc(C(C)(C)C)c8)(C6)c6c(-c8cccc(C(C)(C)C)c8)cccc67)ccc5)ccc4c4ccccc43)cc2C(C)(C)C)cc1.[Pt]. The molecule has 3 aliphatic heterocycles. The molecule has 0 amide bonds. The molecule has 2 atom stereocenters. The molecule has 3 aliphatic rings. The molecule has 2 bridgehead atoms. The minimum absolute atomic E-state index is 0. The summed E-state index contributed by atoms with van der Waals surface area (Å²) in [6.07, 6.45) is 2.06. The first-order valence-corrected chi connectivity index (χ1v) is 26.6. The van der Waals surface area contributed by atoms with Gasteiger partial charge >= 0.3 is 0 Å². The van der Waals surface area contributed by atoms with Crippen molar-refractivity contribution < 1.29 is 25.8 Å². The molecule has 5 nitrogen and oxygen atoms in total. The zero-order valence-electron chi connectivity index (χ0n) is 46.7. The molecular formula is C69H73N4OPt-. The molecule has 7 aromatic carbocycles. The summed E-state index contributed by atoms with van der Waals surface area (Å²) in [5.41, 5.74) is 18.2. The molecule has 0 radical (unpaired) electrons. The molecule has 0 spiro atoms. The van der Waals surface area contributed by atoms with Crippen LogP contribution >= 0.6 is 0 Å². The normalized spacial score (nSPS) is 17.7. The van der Waals surface area contributed by atoms with E-state index >= 15 is 0 Å². The van der Waals surface area contributed by atoms with Gasteiger partial charge in [-0.1, -0.05) is 194 Å². The van der Waals surface area contributed by atoms with Gasteiger partial charge in [-0.3, -0.25) is 4.48 Å². The van der Waals surface area contributed by atoms with Gasteiger partial charge in [-0.2, -0.15) is 12.1 Å². The Bertz CT molecular complexity index is 3640. The Morgan fingerprint density at radius 3 is 1.79 bits per heavy atom. The van der Waals surface area contributed by atoms with E-state index in [9.17, 15) is 0 Å². The van der Waals surface area contributed by atoms with E-state index in [4.69, 9.17) is 9.72 Å². The molecule has 0 saturated carbocycles. The van der Waals surface area contributed by atoms with Gasteiger partial charge in [0.05, 0.1) is 6.67 Å². The van der Waals surface area contributed by atoms with Crippen molar-refractivity contribution >= 4 is 44.6 Å². The molecule has 386 valence electrons. The summed E-state index contributed by atoms with van der Waals surface area (Å²) in [5, 5.41) is 2.24. The minimum atomic E-state index is -0.147. The molecule has 1 saturated heterocycles. The fraction of sp³-hybridized carbons (Fsp3) is 0.304. The summed E-state index contributed by atoms with van der Waals surface area (Å²) in [6.45, 7) is 37.9. The van der Waals surface area contributed by atoms with E-state index in [-0.39, 0.29) is 48.1 Å². The first kappa shape index (κ1) is 52.3. The van der Waals surface area contributed by atoms with Gasteiger partial charge in [0, 0.05) is 79.3 Å². The van der Waals surface area contributed by atoms with Crippen LogP contribution in [0.5, 0.6) is 11.5 Å². The predicted octanol–water partition coefficient (Wildman–Crippen LogP) is 18.8. The van der Waals surface area contributed by atoms with Crippen LogP contribution in [-0.4, -0.2) is 16.2 Å². The van der Waals surface area contributed by atoms with Gasteiger partial charge < -0.3 is 13.8 Å². The van der Waals surface area contributed by atoms with Gasteiger partial charge in [-0.15, -0.1) is 29.7 Å². The van der Waals surface area contributed by atoms with Crippen molar-refractivity contribution in [3.05, 3.63) is 198 Å². The number of hydrogen-bond acceptors (Lipinski definition) is 2. The van der Waals surface area contributed by atoms with Crippen molar-refractivity contribution in [3.8, 4) is 39.6 Å². The zero-order chi connectivity index (χ0) is 52.5. The Morgan fingerprint density at radius 1 is 0.507 bits per heavy atom. The number of quaternary nitrogens is 2. The number of fused-ring (bicyclic) bond motifs is 3. The summed E-state index contributed by atoms with van der Waals surface area (Å²) in [6, 6.07) is 61.5. The molecule has 2 aromatic heterocycles. The largest absolute Gasteiger partial charge is 0.509 e. The van der Waals surface area contributed by atoms with Crippen LogP contribution in [0.3, 0.4) is 0 Å². The van der Waals surface area contributed by atoms with E-state index in [1.807, 2.05) is 12.1 Å². The quantitative estimate of drug-likeness (QED) is 0.117. The van der Waals surface area contributed by atoms with E-state index in [2.05, 4.69) is 267 Å². The Labute approximate surface area is 461 Å². The van der Waals surface area contributed by atoms with Gasteiger partial charge in [0.1, 0.15) is 11.5 Å². The van der Waals surface area contributed by atoms with Crippen molar-refractivity contribution in [1.29, 1.82) is 0 Å². The standard InChI is InChI=1S/C69H73N4O.Pt/c1-65(2,3)47-31-29-45(30-32-47)58-42-70-63(41-59(58)69(13,14)15)71-60-27-17-16-25-56(60)57-34-33-54(40-61(57)71)74-53-24-19-23-51(39-53)72-43-73(44-72,52-37-49(67(7,8)9)36-50(38-52)68(10,11)12)64-55(26-20-28-62(64)72)46-21-18-22-48(35-46)66(4,5)6;/h16-38,41-43H,44H2,1-15H3;/q-1;/t72-,73+;/m1./s1. The van der Waals surface area contributed by atoms with Gasteiger partial charge in [-0.05, 0) is 89.6 Å². The maximum absolute atomic E-state index is 6.89. The molecule has 0 aliphatic carbocycles. The monoisotopic (exact) mass is 1170 g/mol. The van der Waals surface area contributed by atoms with Crippen LogP contribution in [-0.2, 0) is 48.1 Å². The van der Waals surface area contributed by atoms with E-state index in [0.717, 1.165) is 45.5 Å². The summed E-state index contributed by atoms with van der Waals surface area (Å²) in [4.78, 5) is 5.23. The predicted molar refractivity (Wildman–Crippen MR) is 312 cm³/mol. The molecule has 1 fully saturated rings. The summed E-state index contributed by atoms with van der Waals surface area (Å²) < 4.78 is 10.3. The smallest absolute Gasteiger partial charge is 0.187 e. The third-order valence-electron chi connectivity index (χ3n) is 15.8. The van der Waals surface area contributed by atoms with E-state index < -0.39 is 0 Å². The molecule has 0 unspecified atom stereocenters. The number of nitrogens with zero attached hydrogens (tertiary/aromatic N) is 4. The van der Waals surface area contributed by atoms with E-state index in [0.29, 0.717) is 20.5 Å². The zero-order valence-corrected chi connectivity index (χ0v) is 49.0. The summed E-state index contributed by atoms with van der Waals surface area (Å²) >= 11 is 0. The van der Waals surface area contributed by atoms with Gasteiger partial charge in [0.2, 0.25) is 0 Å². The first-order valence-electron chi connectivity index (χ1n) is 26.6. The fourth-order valence-corrected chi connectivity index (χ4v) is 11.4. The number of aromatic nitrogens is 2. The van der Waals surface area contributed by atoms with Crippen molar-refractivity contribution in [3.63, 3.8) is 0 Å². The first-order chi connectivity index (χ1) is 34.7. The molecule has 9 aromatic rings. The summed E-state index contributed by atoms with van der Waals surface area (Å²) in [7, 11) is 0. The average Bonchev–Trinajstić information content (AvgIpc) is 4.15. The van der Waals surface area contributed by atoms with Crippen molar-refractivity contribution in [2.24, 2.45) is 0 Å². The Balaban J connectivity index is 0.00000641. The van der Waals surface area contributed by atoms with Gasteiger partial charge in [0.15, 0.2) is 18.0 Å². The van der Waals surface area contributed by atoms with Crippen molar-refractivity contribution in [2.75, 3.05) is 6.67 Å². The van der Waals surface area contributed by atoms with Crippen LogP contribution in [0.25, 0.3) is 49.9 Å². The second kappa shape index (κ2) is 18.0. The molecule has 0 N–H and O–H groups in total. The maximum atomic E-state index is 6.89. The van der Waals surface area contributed by atoms with Crippen LogP contribution in [0, 0.1) is 18.8 Å².